The van der Waals surface area contributed by atoms with Crippen molar-refractivity contribution in [3.63, 3.8) is 0 Å². The summed E-state index contributed by atoms with van der Waals surface area (Å²) in [5, 5.41) is 9.36. The third kappa shape index (κ3) is 3.97. The molecular weight excluding hydrogens is 310 g/mol. The van der Waals surface area contributed by atoms with Gasteiger partial charge >= 0.3 is 0 Å². The second kappa shape index (κ2) is 6.47. The molecule has 2 rings (SSSR count). The van der Waals surface area contributed by atoms with E-state index in [9.17, 15) is 8.42 Å². The highest BCUT2D eigenvalue weighted by Gasteiger charge is 2.14. The third-order valence-electron chi connectivity index (χ3n) is 3.06. The Labute approximate surface area is 129 Å². The molecule has 0 aliphatic carbocycles. The minimum Gasteiger partial charge on any atom is -0.396 e. The van der Waals surface area contributed by atoms with E-state index in [1.54, 1.807) is 30.3 Å². The number of aliphatic hydroxyl groups excluding tert-OH is 1. The molecule has 6 heteroatoms. The first-order valence-corrected chi connectivity index (χ1v) is 8.27. The highest BCUT2D eigenvalue weighted by atomic mass is 35.5. The summed E-state index contributed by atoms with van der Waals surface area (Å²) in [6.07, 6.45) is 0.501. The van der Waals surface area contributed by atoms with Crippen molar-refractivity contribution in [3.8, 4) is 0 Å². The minimum atomic E-state index is -3.65. The summed E-state index contributed by atoms with van der Waals surface area (Å²) in [6.45, 7) is 1.88. The highest BCUT2D eigenvalue weighted by Crippen LogP contribution is 2.22. The average Bonchev–Trinajstić information content (AvgIpc) is 2.44. The highest BCUT2D eigenvalue weighted by molar-refractivity contribution is 7.92. The zero-order valence-electron chi connectivity index (χ0n) is 11.5. The topological polar surface area (TPSA) is 66.4 Å². The second-order valence-electron chi connectivity index (χ2n) is 4.69. The number of benzene rings is 2. The van der Waals surface area contributed by atoms with Gasteiger partial charge in [-0.15, -0.1) is 0 Å². The molecule has 0 bridgehead atoms. The minimum absolute atomic E-state index is 0.0339. The summed E-state index contributed by atoms with van der Waals surface area (Å²) >= 11 is 5.99. The van der Waals surface area contributed by atoms with Crippen LogP contribution >= 0.6 is 11.6 Å². The molecule has 0 aliphatic heterocycles. The van der Waals surface area contributed by atoms with Crippen LogP contribution < -0.4 is 4.72 Å². The van der Waals surface area contributed by atoms with Crippen LogP contribution in [0.4, 0.5) is 5.69 Å². The van der Waals surface area contributed by atoms with Crippen molar-refractivity contribution >= 4 is 27.3 Å². The van der Waals surface area contributed by atoms with E-state index in [0.29, 0.717) is 17.1 Å². The van der Waals surface area contributed by atoms with Crippen LogP contribution in [-0.4, -0.2) is 20.1 Å². The van der Waals surface area contributed by atoms with Crippen molar-refractivity contribution in [2.45, 2.75) is 18.2 Å². The first-order chi connectivity index (χ1) is 9.92. The number of aryl methyl sites for hydroxylation is 1. The molecule has 0 radical (unpaired) electrons. The summed E-state index contributed by atoms with van der Waals surface area (Å²) in [5.74, 6) is 0. The lowest BCUT2D eigenvalue weighted by molar-refractivity contribution is 0.299. The molecule has 0 unspecified atom stereocenters. The standard InChI is InChI=1S/C15H16ClNO3S/c1-11-2-5-13(10-15(11)16)17-21(19,20)14-6-3-12(4-7-14)8-9-18/h2-7,10,17-18H,8-9H2,1H3. The van der Waals surface area contributed by atoms with E-state index in [-0.39, 0.29) is 11.5 Å². The summed E-state index contributed by atoms with van der Waals surface area (Å²) in [6, 6.07) is 11.4. The Morgan fingerprint density at radius 1 is 1.14 bits per heavy atom. The fourth-order valence-corrected chi connectivity index (χ4v) is 3.06. The number of sulfonamides is 1. The molecule has 2 aromatic rings. The largest absolute Gasteiger partial charge is 0.396 e. The maximum absolute atomic E-state index is 12.3. The smallest absolute Gasteiger partial charge is 0.261 e. The molecule has 0 fully saturated rings. The molecule has 0 spiro atoms. The van der Waals surface area contributed by atoms with Gasteiger partial charge in [-0.2, -0.15) is 0 Å². The molecule has 0 saturated carbocycles. The lowest BCUT2D eigenvalue weighted by Gasteiger charge is -2.09. The van der Waals surface area contributed by atoms with Gasteiger partial charge in [0.25, 0.3) is 10.0 Å². The lowest BCUT2D eigenvalue weighted by Crippen LogP contribution is -2.13. The molecule has 112 valence electrons. The van der Waals surface area contributed by atoms with Gasteiger partial charge in [-0.1, -0.05) is 29.8 Å². The number of rotatable bonds is 5. The van der Waals surface area contributed by atoms with E-state index >= 15 is 0 Å². The molecule has 0 atom stereocenters. The fourth-order valence-electron chi connectivity index (χ4n) is 1.83. The van der Waals surface area contributed by atoms with Crippen LogP contribution in [0, 0.1) is 6.92 Å². The van der Waals surface area contributed by atoms with Crippen LogP contribution in [0.2, 0.25) is 5.02 Å². The van der Waals surface area contributed by atoms with Crippen LogP contribution in [-0.2, 0) is 16.4 Å². The maximum atomic E-state index is 12.3. The number of aliphatic hydroxyl groups is 1. The summed E-state index contributed by atoms with van der Waals surface area (Å²) in [4.78, 5) is 0.167. The Morgan fingerprint density at radius 3 is 2.38 bits per heavy atom. The Hall–Kier alpha value is -1.56. The van der Waals surface area contributed by atoms with Crippen molar-refractivity contribution in [2.75, 3.05) is 11.3 Å². The van der Waals surface area contributed by atoms with Gasteiger partial charge in [0.1, 0.15) is 0 Å². The van der Waals surface area contributed by atoms with E-state index in [0.717, 1.165) is 11.1 Å². The monoisotopic (exact) mass is 325 g/mol. The average molecular weight is 326 g/mol. The van der Waals surface area contributed by atoms with E-state index in [2.05, 4.69) is 4.72 Å². The zero-order valence-corrected chi connectivity index (χ0v) is 13.1. The number of nitrogens with one attached hydrogen (secondary N) is 1. The Bertz CT molecular complexity index is 727. The van der Waals surface area contributed by atoms with Gasteiger partial charge in [0.2, 0.25) is 0 Å². The van der Waals surface area contributed by atoms with E-state index < -0.39 is 10.0 Å². The predicted octanol–water partition coefficient (Wildman–Crippen LogP) is 2.98. The summed E-state index contributed by atoms with van der Waals surface area (Å²) in [5.41, 5.74) is 2.19. The van der Waals surface area contributed by atoms with Gasteiger partial charge in [0.05, 0.1) is 10.6 Å². The first-order valence-electron chi connectivity index (χ1n) is 6.41. The number of hydrogen-bond donors (Lipinski definition) is 2. The molecule has 2 N–H and O–H groups in total. The zero-order chi connectivity index (χ0) is 15.5. The van der Waals surface area contributed by atoms with Crippen LogP contribution in [0.15, 0.2) is 47.4 Å². The van der Waals surface area contributed by atoms with Crippen molar-refractivity contribution in [1.82, 2.24) is 0 Å². The maximum Gasteiger partial charge on any atom is 0.261 e. The number of anilines is 1. The fraction of sp³-hybridized carbons (Fsp3) is 0.200. The van der Waals surface area contributed by atoms with Crippen LogP contribution in [0.1, 0.15) is 11.1 Å². The second-order valence-corrected chi connectivity index (χ2v) is 6.78. The molecular formula is C15H16ClNO3S. The number of halogens is 1. The Kier molecular flexibility index (Phi) is 4.88. The van der Waals surface area contributed by atoms with Crippen LogP contribution in [0.25, 0.3) is 0 Å². The van der Waals surface area contributed by atoms with E-state index in [1.807, 2.05) is 6.92 Å². The van der Waals surface area contributed by atoms with Gasteiger partial charge in [0, 0.05) is 11.6 Å². The Morgan fingerprint density at radius 2 is 1.81 bits per heavy atom. The van der Waals surface area contributed by atoms with Crippen LogP contribution in [0.5, 0.6) is 0 Å². The molecule has 0 saturated heterocycles. The van der Waals surface area contributed by atoms with E-state index in [1.165, 1.54) is 12.1 Å². The predicted molar refractivity (Wildman–Crippen MR) is 84.2 cm³/mol. The van der Waals surface area contributed by atoms with Gasteiger partial charge in [-0.3, -0.25) is 4.72 Å². The normalized spacial score (nSPS) is 11.4. The van der Waals surface area contributed by atoms with Gasteiger partial charge < -0.3 is 5.11 Å². The summed E-state index contributed by atoms with van der Waals surface area (Å²) in [7, 11) is -3.65. The van der Waals surface area contributed by atoms with Gasteiger partial charge in [-0.05, 0) is 48.7 Å². The first kappa shape index (κ1) is 15.8. The van der Waals surface area contributed by atoms with Crippen molar-refractivity contribution < 1.29 is 13.5 Å². The molecule has 21 heavy (non-hydrogen) atoms. The van der Waals surface area contributed by atoms with Crippen LogP contribution in [0.3, 0.4) is 0 Å². The molecule has 0 heterocycles. The SMILES string of the molecule is Cc1ccc(NS(=O)(=O)c2ccc(CCO)cc2)cc1Cl. The molecule has 0 amide bonds. The van der Waals surface area contributed by atoms with Crippen molar-refractivity contribution in [2.24, 2.45) is 0 Å². The molecule has 4 nitrogen and oxygen atoms in total. The Balaban J connectivity index is 2.23. The number of hydrogen-bond acceptors (Lipinski definition) is 3. The van der Waals surface area contributed by atoms with Crippen molar-refractivity contribution in [1.29, 1.82) is 0 Å². The third-order valence-corrected chi connectivity index (χ3v) is 4.86. The lowest BCUT2D eigenvalue weighted by atomic mass is 10.2. The van der Waals surface area contributed by atoms with Gasteiger partial charge in [0.15, 0.2) is 0 Å². The van der Waals surface area contributed by atoms with E-state index in [4.69, 9.17) is 16.7 Å². The van der Waals surface area contributed by atoms with Gasteiger partial charge in [-0.25, -0.2) is 8.42 Å². The summed E-state index contributed by atoms with van der Waals surface area (Å²) < 4.78 is 27.0. The molecule has 2 aromatic carbocycles. The van der Waals surface area contributed by atoms with Crippen molar-refractivity contribution in [3.05, 3.63) is 58.6 Å². The molecule has 0 aromatic heterocycles. The quantitative estimate of drug-likeness (QED) is 0.888. The molecule has 0 aliphatic rings.